The molecule has 1 atom stereocenters. The first-order valence-corrected chi connectivity index (χ1v) is 5.81. The van der Waals surface area contributed by atoms with Gasteiger partial charge in [0.25, 0.3) is 0 Å². The fourth-order valence-corrected chi connectivity index (χ4v) is 2.00. The third-order valence-electron chi connectivity index (χ3n) is 2.90. The summed E-state index contributed by atoms with van der Waals surface area (Å²) in [5.74, 6) is 1.48. The van der Waals surface area contributed by atoms with Gasteiger partial charge in [0.2, 0.25) is 0 Å². The molecule has 0 aliphatic carbocycles. The Labute approximate surface area is 96.4 Å². The Kier molecular flexibility index (Phi) is 3.62. The maximum atomic E-state index is 5.70. The average Bonchev–Trinajstić information content (AvgIpc) is 2.30. The lowest BCUT2D eigenvalue weighted by atomic mass is 10.1. The highest BCUT2D eigenvalue weighted by Gasteiger charge is 2.16. The summed E-state index contributed by atoms with van der Waals surface area (Å²) in [7, 11) is 2.03. The van der Waals surface area contributed by atoms with Gasteiger partial charge in [0.1, 0.15) is 11.6 Å². The molecule has 0 aromatic carbocycles. The van der Waals surface area contributed by atoms with E-state index in [1.807, 2.05) is 19.2 Å². The summed E-state index contributed by atoms with van der Waals surface area (Å²) in [6.07, 6.45) is 3.94. The van der Waals surface area contributed by atoms with Gasteiger partial charge < -0.3 is 15.4 Å². The van der Waals surface area contributed by atoms with Crippen molar-refractivity contribution in [1.82, 2.24) is 4.98 Å². The van der Waals surface area contributed by atoms with Crippen LogP contribution in [0.5, 0.6) is 0 Å². The molecule has 2 heterocycles. The minimum absolute atomic E-state index is 0.335. The van der Waals surface area contributed by atoms with Crippen LogP contribution in [0.3, 0.4) is 0 Å². The van der Waals surface area contributed by atoms with E-state index in [0.717, 1.165) is 25.4 Å². The van der Waals surface area contributed by atoms with Gasteiger partial charge in [-0.3, -0.25) is 0 Å². The standard InChI is InChI=1S/C12H19N3O/c1-15(9-10-5-2-3-8-16-10)12-7-4-6-11(13)14-12/h4,6-7,10H,2-3,5,8-9H2,1H3,(H2,13,14). The second-order valence-electron chi connectivity index (χ2n) is 4.29. The zero-order chi connectivity index (χ0) is 11.4. The minimum Gasteiger partial charge on any atom is -0.384 e. The SMILES string of the molecule is CN(CC1CCCCO1)c1cccc(N)n1. The zero-order valence-electron chi connectivity index (χ0n) is 9.72. The maximum Gasteiger partial charge on any atom is 0.130 e. The van der Waals surface area contributed by atoms with E-state index < -0.39 is 0 Å². The number of nitrogen functional groups attached to an aromatic ring is 1. The van der Waals surface area contributed by atoms with Crippen LogP contribution < -0.4 is 10.6 Å². The Morgan fingerprint density at radius 2 is 2.38 bits per heavy atom. The van der Waals surface area contributed by atoms with Crippen LogP contribution in [0.25, 0.3) is 0 Å². The van der Waals surface area contributed by atoms with E-state index in [4.69, 9.17) is 10.5 Å². The Balaban J connectivity index is 1.94. The summed E-state index contributed by atoms with van der Waals surface area (Å²) in [5.41, 5.74) is 5.66. The fraction of sp³-hybridized carbons (Fsp3) is 0.583. The summed E-state index contributed by atoms with van der Waals surface area (Å²) >= 11 is 0. The molecule has 4 nitrogen and oxygen atoms in total. The number of rotatable bonds is 3. The van der Waals surface area contributed by atoms with Crippen molar-refractivity contribution in [3.63, 3.8) is 0 Å². The second kappa shape index (κ2) is 5.16. The quantitative estimate of drug-likeness (QED) is 0.843. The molecule has 0 amide bonds. The van der Waals surface area contributed by atoms with E-state index in [1.165, 1.54) is 12.8 Å². The van der Waals surface area contributed by atoms with Crippen molar-refractivity contribution in [3.05, 3.63) is 18.2 Å². The van der Waals surface area contributed by atoms with E-state index in [1.54, 1.807) is 6.07 Å². The van der Waals surface area contributed by atoms with Crippen LogP contribution in [-0.4, -0.2) is 31.3 Å². The van der Waals surface area contributed by atoms with Gasteiger partial charge >= 0.3 is 0 Å². The molecule has 0 radical (unpaired) electrons. The van der Waals surface area contributed by atoms with Gasteiger partial charge in [-0.1, -0.05) is 6.07 Å². The van der Waals surface area contributed by atoms with Gasteiger partial charge in [0.05, 0.1) is 6.10 Å². The van der Waals surface area contributed by atoms with E-state index in [0.29, 0.717) is 11.9 Å². The largest absolute Gasteiger partial charge is 0.384 e. The van der Waals surface area contributed by atoms with Crippen molar-refractivity contribution in [3.8, 4) is 0 Å². The number of anilines is 2. The fourth-order valence-electron chi connectivity index (χ4n) is 2.00. The number of likely N-dealkylation sites (N-methyl/N-ethyl adjacent to an activating group) is 1. The highest BCUT2D eigenvalue weighted by atomic mass is 16.5. The number of pyridine rings is 1. The molecule has 1 fully saturated rings. The molecule has 1 aliphatic rings. The van der Waals surface area contributed by atoms with E-state index in [2.05, 4.69) is 9.88 Å². The van der Waals surface area contributed by atoms with Crippen molar-refractivity contribution < 1.29 is 4.74 Å². The lowest BCUT2D eigenvalue weighted by Gasteiger charge is -2.28. The van der Waals surface area contributed by atoms with Crippen LogP contribution >= 0.6 is 0 Å². The maximum absolute atomic E-state index is 5.70. The molecule has 1 saturated heterocycles. The molecule has 1 unspecified atom stereocenters. The normalized spacial score (nSPS) is 20.7. The first kappa shape index (κ1) is 11.2. The van der Waals surface area contributed by atoms with Crippen LogP contribution in [0, 0.1) is 0 Å². The van der Waals surface area contributed by atoms with Gasteiger partial charge in [-0.05, 0) is 31.4 Å². The van der Waals surface area contributed by atoms with Crippen LogP contribution in [-0.2, 0) is 4.74 Å². The number of hydrogen-bond donors (Lipinski definition) is 1. The van der Waals surface area contributed by atoms with Crippen molar-refractivity contribution >= 4 is 11.6 Å². The smallest absolute Gasteiger partial charge is 0.130 e. The predicted octanol–water partition coefficient (Wildman–Crippen LogP) is 1.67. The molecule has 2 rings (SSSR count). The molecule has 0 saturated carbocycles. The molecule has 88 valence electrons. The van der Waals surface area contributed by atoms with Crippen LogP contribution in [0.1, 0.15) is 19.3 Å². The molecule has 16 heavy (non-hydrogen) atoms. The van der Waals surface area contributed by atoms with E-state index in [9.17, 15) is 0 Å². The molecule has 1 aromatic rings. The molecule has 1 aromatic heterocycles. The predicted molar refractivity (Wildman–Crippen MR) is 65.5 cm³/mol. The highest BCUT2D eigenvalue weighted by Crippen LogP contribution is 2.17. The monoisotopic (exact) mass is 221 g/mol. The van der Waals surface area contributed by atoms with Crippen molar-refractivity contribution in [1.29, 1.82) is 0 Å². The second-order valence-corrected chi connectivity index (χ2v) is 4.29. The van der Waals surface area contributed by atoms with Gasteiger partial charge in [-0.15, -0.1) is 0 Å². The summed E-state index contributed by atoms with van der Waals surface area (Å²) in [4.78, 5) is 6.39. The number of ether oxygens (including phenoxy) is 1. The van der Waals surface area contributed by atoms with Crippen molar-refractivity contribution in [2.24, 2.45) is 0 Å². The van der Waals surface area contributed by atoms with Crippen molar-refractivity contribution in [2.45, 2.75) is 25.4 Å². The first-order chi connectivity index (χ1) is 7.75. The zero-order valence-corrected chi connectivity index (χ0v) is 9.72. The molecule has 0 spiro atoms. The molecule has 4 heteroatoms. The Hall–Kier alpha value is -1.29. The Morgan fingerprint density at radius 3 is 3.06 bits per heavy atom. The summed E-state index contributed by atoms with van der Waals surface area (Å²) in [5, 5.41) is 0. The number of aromatic nitrogens is 1. The Bertz CT molecular complexity index is 337. The van der Waals surface area contributed by atoms with Crippen LogP contribution in [0.4, 0.5) is 11.6 Å². The first-order valence-electron chi connectivity index (χ1n) is 5.81. The molecule has 1 aliphatic heterocycles. The van der Waals surface area contributed by atoms with Gasteiger partial charge in [-0.2, -0.15) is 0 Å². The minimum atomic E-state index is 0.335. The van der Waals surface area contributed by atoms with E-state index in [-0.39, 0.29) is 0 Å². The summed E-state index contributed by atoms with van der Waals surface area (Å²) in [6, 6.07) is 5.70. The highest BCUT2D eigenvalue weighted by molar-refractivity contribution is 5.44. The Morgan fingerprint density at radius 1 is 1.50 bits per heavy atom. The summed E-state index contributed by atoms with van der Waals surface area (Å²) < 4.78 is 5.70. The topological polar surface area (TPSA) is 51.4 Å². The molecular formula is C12H19N3O. The van der Waals surface area contributed by atoms with Crippen LogP contribution in [0.2, 0.25) is 0 Å². The van der Waals surface area contributed by atoms with Crippen LogP contribution in [0.15, 0.2) is 18.2 Å². The summed E-state index contributed by atoms with van der Waals surface area (Å²) in [6.45, 7) is 1.78. The molecule has 2 N–H and O–H groups in total. The lowest BCUT2D eigenvalue weighted by molar-refractivity contribution is 0.0215. The molecular weight excluding hydrogens is 202 g/mol. The third kappa shape index (κ3) is 2.85. The number of hydrogen-bond acceptors (Lipinski definition) is 4. The molecule has 0 bridgehead atoms. The average molecular weight is 221 g/mol. The lowest BCUT2D eigenvalue weighted by Crippen LogP contribution is -2.33. The van der Waals surface area contributed by atoms with Gasteiger partial charge in [-0.25, -0.2) is 4.98 Å². The third-order valence-corrected chi connectivity index (χ3v) is 2.90. The van der Waals surface area contributed by atoms with E-state index >= 15 is 0 Å². The van der Waals surface area contributed by atoms with Crippen molar-refractivity contribution in [2.75, 3.05) is 30.8 Å². The van der Waals surface area contributed by atoms with Gasteiger partial charge in [0.15, 0.2) is 0 Å². The number of nitrogens with two attached hydrogens (primary N) is 1. The van der Waals surface area contributed by atoms with Gasteiger partial charge in [0, 0.05) is 20.2 Å². The number of nitrogens with zero attached hydrogens (tertiary/aromatic N) is 2.